The van der Waals surface area contributed by atoms with Gasteiger partial charge >= 0.3 is 276 Å². The molecule has 0 aliphatic heterocycles. The van der Waals surface area contributed by atoms with Gasteiger partial charge in [0, 0.05) is 59.2 Å². The molecule has 0 bridgehead atoms. The molecule has 113 heavy (non-hydrogen) atoms. The molecule has 15 heteroatoms. The Balaban J connectivity index is 0.000000209. The molecule has 4 nitrogen and oxygen atoms in total. The van der Waals surface area contributed by atoms with Crippen molar-refractivity contribution in [2.75, 3.05) is 26.4 Å². The number of rotatable bonds is 48. The van der Waals surface area contributed by atoms with Crippen LogP contribution in [0.3, 0.4) is 0 Å². The molecule has 0 spiro atoms. The summed E-state index contributed by atoms with van der Waals surface area (Å²) in [6, 6.07) is 36.7. The molecule has 12 aromatic rings. The third kappa shape index (κ3) is 27.0. The van der Waals surface area contributed by atoms with Gasteiger partial charge in [-0.25, -0.2) is 0 Å². The number of halogens is 2. The molecule has 12 rings (SSSR count). The van der Waals surface area contributed by atoms with Crippen LogP contribution in [0, 0.1) is 44.4 Å². The number of fused-ring (bicyclic) bond motifs is 10. The Kier molecular flexibility index (Phi) is 39.1. The van der Waals surface area contributed by atoms with Crippen LogP contribution in [0.4, 0.5) is 0 Å². The zero-order valence-electron chi connectivity index (χ0n) is 71.2. The Hall–Kier alpha value is -3.00. The quantitative estimate of drug-likeness (QED) is 0.0281. The van der Waals surface area contributed by atoms with Crippen molar-refractivity contribution in [2.24, 2.45) is 23.7 Å². The molecule has 4 aromatic carbocycles. The first-order valence-corrected chi connectivity index (χ1v) is 62.0. The normalized spacial score (nSPS) is 13.0. The van der Waals surface area contributed by atoms with Crippen LogP contribution in [0.15, 0.2) is 105 Å². The van der Waals surface area contributed by atoms with Crippen molar-refractivity contribution < 1.29 is 18.9 Å². The standard InChI is InChI=1S/C48H64O2S4.C39H57O2S2.C8H4Br2S2.3CH3.Sn/c1-7-11-15-17-21-35(19-13-9-3)31-49-39-28-37-27-34(6)52-47(37)45-40(50-32-36(20-14-10-4)22-18-16-12-8-2)29-38-30-44(54-48(38)46(39)45)43-26-25-42(53-43)41-24-23-33(5)51-41;1-6-10-14-16-20-30(18-12-8-3)27-40-34-25-32-22-23-42-38(32)36-35(26-33-24-29(5)43-39(33)37(34)36)41-28-31(19-13-9-4)21-17-15-11-7-2;9-7-3-1-5(11-7)6-2-4-8(10)12-6;;;;/h23-30,35-36H,7-22,31-32H2,1-6H3;22,24-26,30-31H,6-21,27-28H2,1-5H3;1-4H;3*1H3;. The SMILES string of the molecule is Brc1ccc(-c2ccc(Br)s2)s1.CCCCCCC(CCCC)COc1cc2c[c]([Sn]([CH3])([CH3])[CH3])sc2c2c(OCC(CCCC)CCCCCC)cc3cc(C)sc3c12.CCCCCCC(CCCC)COc1cc2cc(-c3ccc(-c4ccc(C)s4)s3)sc2c2c(OCC(CCCC)CCCCCC)cc3cc(C)sc3c12. The molecule has 8 aromatic heterocycles. The fourth-order valence-electron chi connectivity index (χ4n) is 15.8. The summed E-state index contributed by atoms with van der Waals surface area (Å²) in [6.45, 7) is 28.4. The van der Waals surface area contributed by atoms with E-state index in [0.717, 1.165) is 49.4 Å². The predicted octanol–water partition coefficient (Wildman–Crippen LogP) is 37.1. The van der Waals surface area contributed by atoms with E-state index in [4.69, 9.17) is 18.9 Å². The Morgan fingerprint density at radius 1 is 0.274 bits per heavy atom. The van der Waals surface area contributed by atoms with Gasteiger partial charge in [-0.15, -0.1) is 68.0 Å². The van der Waals surface area contributed by atoms with Gasteiger partial charge in [0.25, 0.3) is 0 Å². The van der Waals surface area contributed by atoms with E-state index in [1.165, 1.54) is 319 Å². The number of hydrogen-bond acceptors (Lipinski definition) is 12. The molecule has 0 aliphatic carbocycles. The van der Waals surface area contributed by atoms with Crippen LogP contribution in [0.2, 0.25) is 14.8 Å². The van der Waals surface area contributed by atoms with Crippen molar-refractivity contribution in [1.82, 2.24) is 0 Å². The second-order valence-corrected chi connectivity index (χ2v) is 60.6. The maximum Gasteiger partial charge on any atom is 0.129 e. The maximum absolute atomic E-state index is 7.11. The fourth-order valence-corrected chi connectivity index (χ4v) is 30.5. The number of aryl methyl sites for hydroxylation is 3. The largest absolute Gasteiger partial charge is 0.493 e. The smallest absolute Gasteiger partial charge is 0.129 e. The summed E-state index contributed by atoms with van der Waals surface area (Å²) in [5, 5.41) is 10.3. The summed E-state index contributed by atoms with van der Waals surface area (Å²) < 4.78 is 37.7. The first-order chi connectivity index (χ1) is 54.9. The van der Waals surface area contributed by atoms with E-state index >= 15 is 0 Å². The van der Waals surface area contributed by atoms with Gasteiger partial charge in [0.1, 0.15) is 11.5 Å². The van der Waals surface area contributed by atoms with E-state index in [1.807, 2.05) is 56.7 Å². The second kappa shape index (κ2) is 47.9. The van der Waals surface area contributed by atoms with Gasteiger partial charge in [-0.3, -0.25) is 0 Å². The van der Waals surface area contributed by atoms with E-state index in [-0.39, 0.29) is 0 Å². The Morgan fingerprint density at radius 3 is 0.894 bits per heavy atom. The predicted molar refractivity (Wildman–Crippen MR) is 525 cm³/mol. The topological polar surface area (TPSA) is 36.9 Å². The van der Waals surface area contributed by atoms with E-state index in [0.29, 0.717) is 23.7 Å². The van der Waals surface area contributed by atoms with E-state index in [1.54, 1.807) is 25.6 Å². The number of hydrogen-bond donors (Lipinski definition) is 0. The minimum absolute atomic E-state index is 0.586. The van der Waals surface area contributed by atoms with Gasteiger partial charge in [0.2, 0.25) is 0 Å². The van der Waals surface area contributed by atoms with E-state index < -0.39 is 18.4 Å². The molecule has 0 saturated carbocycles. The van der Waals surface area contributed by atoms with Crippen LogP contribution in [-0.2, 0) is 0 Å². The summed E-state index contributed by atoms with van der Waals surface area (Å²) in [5.41, 5.74) is 0. The monoisotopic (exact) mass is 1910 g/mol. The van der Waals surface area contributed by atoms with E-state index in [9.17, 15) is 0 Å². The third-order valence-electron chi connectivity index (χ3n) is 22.4. The first kappa shape index (κ1) is 92.3. The van der Waals surface area contributed by atoms with Crippen molar-refractivity contribution in [2.45, 2.75) is 296 Å². The summed E-state index contributed by atoms with van der Waals surface area (Å²) in [4.78, 5) is 19.7. The Bertz CT molecular complexity index is 4700. The molecule has 0 amide bonds. The molecule has 8 heterocycles. The number of ether oxygens (including phenoxy) is 4. The molecule has 0 aliphatic rings. The van der Waals surface area contributed by atoms with E-state index in [2.05, 4.69) is 231 Å². The van der Waals surface area contributed by atoms with Crippen LogP contribution < -0.4 is 21.8 Å². The van der Waals surface area contributed by atoms with Gasteiger partial charge < -0.3 is 9.47 Å². The molecular formula is C98H134Br2O4S8Sn. The van der Waals surface area contributed by atoms with Gasteiger partial charge in [-0.05, 0) is 167 Å². The zero-order chi connectivity index (χ0) is 80.2. The second-order valence-electron chi connectivity index (χ2n) is 33.3. The average Bonchev–Trinajstić information content (AvgIpc) is 1.63. The summed E-state index contributed by atoms with van der Waals surface area (Å²) in [7, 11) is 0. The minimum Gasteiger partial charge on any atom is -0.493 e. The van der Waals surface area contributed by atoms with Gasteiger partial charge in [0.15, 0.2) is 0 Å². The molecule has 4 unspecified atom stereocenters. The first-order valence-electron chi connectivity index (χ1n) is 43.9. The van der Waals surface area contributed by atoms with Gasteiger partial charge in [-0.1, -0.05) is 131 Å². The molecule has 0 saturated heterocycles. The third-order valence-corrected chi connectivity index (χ3v) is 42.3. The molecule has 0 N–H and O–H groups in total. The molecule has 4 atom stereocenters. The number of thiophene rings is 8. The zero-order valence-corrected chi connectivity index (χ0v) is 83.7. The summed E-state index contributed by atoms with van der Waals surface area (Å²) >= 11 is 19.7. The maximum atomic E-state index is 7.11. The van der Waals surface area contributed by atoms with Crippen molar-refractivity contribution in [3.63, 3.8) is 0 Å². The van der Waals surface area contributed by atoms with Crippen molar-refractivity contribution in [3.8, 4) is 52.3 Å². The van der Waals surface area contributed by atoms with Crippen LogP contribution in [0.25, 0.3) is 91.2 Å². The summed E-state index contributed by atoms with van der Waals surface area (Å²) in [5.74, 6) is 6.65. The molecule has 0 fully saturated rings. The number of benzene rings is 4. The van der Waals surface area contributed by atoms with Crippen LogP contribution >= 0.6 is 123 Å². The molecular weight excluding hydrogens is 1780 g/mol. The molecule has 0 radical (unpaired) electrons. The van der Waals surface area contributed by atoms with Crippen molar-refractivity contribution in [3.05, 3.63) is 119 Å². The van der Waals surface area contributed by atoms with Crippen molar-refractivity contribution in [1.29, 1.82) is 0 Å². The van der Waals surface area contributed by atoms with Crippen LogP contribution in [0.1, 0.15) is 275 Å². The Morgan fingerprint density at radius 2 is 0.566 bits per heavy atom. The Labute approximate surface area is 734 Å². The fraction of sp³-hybridized carbons (Fsp3) is 0.551. The summed E-state index contributed by atoms with van der Waals surface area (Å²) in [6.07, 6.45) is 41.3. The van der Waals surface area contributed by atoms with Crippen LogP contribution in [-0.4, -0.2) is 44.8 Å². The van der Waals surface area contributed by atoms with Crippen LogP contribution in [0.5, 0.6) is 23.0 Å². The average molecular weight is 1910 g/mol. The van der Waals surface area contributed by atoms with Crippen molar-refractivity contribution >= 4 is 206 Å². The minimum atomic E-state index is -2.31. The van der Waals surface area contributed by atoms with Gasteiger partial charge in [0.05, 0.1) is 20.8 Å². The molecule has 616 valence electrons. The van der Waals surface area contributed by atoms with Gasteiger partial charge in [-0.2, -0.15) is 0 Å². The number of unbranched alkanes of at least 4 members (excludes halogenated alkanes) is 16.